The minimum atomic E-state index is -4.49. The number of anilines is 1. The highest BCUT2D eigenvalue weighted by molar-refractivity contribution is 7.89. The lowest BCUT2D eigenvalue weighted by Crippen LogP contribution is -2.43. The highest BCUT2D eigenvalue weighted by Gasteiger charge is 2.53. The molecule has 2 saturated heterocycles. The molecule has 0 bridgehead atoms. The molecule has 2 aliphatic heterocycles. The zero-order chi connectivity index (χ0) is 51.8. The first kappa shape index (κ1) is 53.0. The van der Waals surface area contributed by atoms with Gasteiger partial charge in [-0.1, -0.05) is 64.1 Å². The zero-order valence-electron chi connectivity index (χ0n) is 41.4. The van der Waals surface area contributed by atoms with Crippen molar-refractivity contribution in [1.29, 1.82) is 0 Å². The van der Waals surface area contributed by atoms with Crippen LogP contribution in [0.1, 0.15) is 91.4 Å². The number of ether oxygens (including phenoxy) is 4. The largest absolute Gasteiger partial charge is 0.497 e. The number of esters is 1. The summed E-state index contributed by atoms with van der Waals surface area (Å²) in [5.41, 5.74) is 4.45. The molecular weight excluding hydrogens is 970 g/mol. The molecule has 5 aromatic rings. The zero-order valence-corrected chi connectivity index (χ0v) is 43.0. The van der Waals surface area contributed by atoms with Gasteiger partial charge in [-0.05, 0) is 138 Å². The summed E-state index contributed by atoms with van der Waals surface area (Å²) in [6, 6.07) is 23.9. The van der Waals surface area contributed by atoms with Crippen LogP contribution in [0.4, 0.5) is 18.9 Å². The maximum Gasteiger partial charge on any atom is 0.416 e. The Bertz CT molecular complexity index is 2850. The minimum Gasteiger partial charge on any atom is -0.497 e. The molecule has 0 saturated carbocycles. The third kappa shape index (κ3) is 11.9. The van der Waals surface area contributed by atoms with Crippen molar-refractivity contribution in [2.45, 2.75) is 109 Å². The van der Waals surface area contributed by atoms with Gasteiger partial charge in [-0.2, -0.15) is 17.5 Å². The Balaban J connectivity index is 1.06. The summed E-state index contributed by atoms with van der Waals surface area (Å²) in [7, 11) is -2.60. The van der Waals surface area contributed by atoms with Gasteiger partial charge in [-0.15, -0.1) is 11.3 Å². The average molecular weight is 1030 g/mol. The second-order valence-corrected chi connectivity index (χ2v) is 23.6. The molecule has 5 atom stereocenters. The third-order valence-corrected chi connectivity index (χ3v) is 17.4. The highest BCUT2D eigenvalue weighted by atomic mass is 32.2. The molecule has 8 rings (SSSR count). The fraction of sp³-hybridized carbons (Fsp3) is 0.455. The van der Waals surface area contributed by atoms with Crippen LogP contribution in [0.25, 0.3) is 21.6 Å². The number of rotatable bonds is 19. The molecule has 17 heteroatoms. The Morgan fingerprint density at radius 2 is 1.64 bits per heavy atom. The monoisotopic (exact) mass is 1030 g/mol. The van der Waals surface area contributed by atoms with Gasteiger partial charge in [-0.25, -0.2) is 13.2 Å². The number of aliphatic hydroxyl groups excluding tert-OH is 1. The second-order valence-electron chi connectivity index (χ2n) is 20.6. The van der Waals surface area contributed by atoms with Crippen molar-refractivity contribution >= 4 is 39.0 Å². The van der Waals surface area contributed by atoms with E-state index in [1.165, 1.54) is 47.0 Å². The maximum absolute atomic E-state index is 14.1. The second kappa shape index (κ2) is 21.3. The number of carbonyl (C=O) groups is 2. The molecule has 2 fully saturated rings. The van der Waals surface area contributed by atoms with E-state index in [1.54, 1.807) is 12.1 Å². The van der Waals surface area contributed by atoms with Crippen LogP contribution in [0.2, 0.25) is 0 Å². The number of nitrogens with one attached hydrogen (secondary N) is 1. The van der Waals surface area contributed by atoms with Crippen LogP contribution in [-0.2, 0) is 61.0 Å². The van der Waals surface area contributed by atoms with E-state index in [2.05, 4.69) is 19.2 Å². The number of benzene rings is 4. The molecule has 4 aromatic carbocycles. The normalized spacial score (nSPS) is 20.5. The number of methoxy groups -OCH3 is 1. The van der Waals surface area contributed by atoms with Crippen LogP contribution in [0, 0.1) is 23.2 Å². The van der Waals surface area contributed by atoms with E-state index in [-0.39, 0.29) is 66.8 Å². The van der Waals surface area contributed by atoms with Gasteiger partial charge < -0.3 is 34.5 Å². The van der Waals surface area contributed by atoms with Gasteiger partial charge in [0.05, 0.1) is 54.8 Å². The Morgan fingerprint density at radius 3 is 2.29 bits per heavy atom. The Labute approximate surface area is 423 Å². The topological polar surface area (TPSA) is 161 Å². The lowest BCUT2D eigenvalue weighted by molar-refractivity contribution is -0.181. The van der Waals surface area contributed by atoms with Gasteiger partial charge in [0.2, 0.25) is 10.0 Å². The first-order chi connectivity index (χ1) is 34.0. The summed E-state index contributed by atoms with van der Waals surface area (Å²) in [5, 5.41) is 26.1. The van der Waals surface area contributed by atoms with Crippen LogP contribution in [0.5, 0.6) is 5.75 Å². The number of aliphatic hydroxyl groups is 1. The first-order valence-electron chi connectivity index (χ1n) is 24.3. The number of carbonyl (C=O) groups excluding carboxylic acids is 1. The Kier molecular flexibility index (Phi) is 15.7. The molecular formula is C55H63F3N2O10S2. The van der Waals surface area contributed by atoms with E-state index >= 15 is 0 Å². The summed E-state index contributed by atoms with van der Waals surface area (Å²) < 4.78 is 92.9. The van der Waals surface area contributed by atoms with Crippen LogP contribution >= 0.6 is 11.3 Å². The van der Waals surface area contributed by atoms with Gasteiger partial charge in [0, 0.05) is 41.0 Å². The molecule has 1 aromatic heterocycles. The van der Waals surface area contributed by atoms with Gasteiger partial charge in [0.1, 0.15) is 11.9 Å². The summed E-state index contributed by atoms with van der Waals surface area (Å²) in [4.78, 5) is 28.5. The van der Waals surface area contributed by atoms with E-state index in [0.717, 1.165) is 46.5 Å². The number of carboxylic acids is 1. The number of thiophene rings is 1. The number of fused-ring (bicyclic) bond motifs is 2. The predicted molar refractivity (Wildman–Crippen MR) is 269 cm³/mol. The molecule has 1 aliphatic carbocycles. The van der Waals surface area contributed by atoms with Gasteiger partial charge >= 0.3 is 18.1 Å². The number of aryl methyl sites for hydroxylation is 1. The Hall–Kier alpha value is -5.30. The highest BCUT2D eigenvalue weighted by Crippen LogP contribution is 2.47. The van der Waals surface area contributed by atoms with Crippen molar-refractivity contribution in [3.63, 3.8) is 0 Å². The standard InChI is InChI=1S/C55H63F3N2O10S2/c1-33(2)30-60(72(65,66)42-18-16-41(67-6)17-19-42)31-46(61)37(27-49(62)70-47-32-69-54(5)45(47)22-24-68-54)25-34-7-14-40(15-8-34)59-29-38-26-36(35-9-12-39(13-10-35)55(56,57)58)11-20-43(38)51-50(52(63)64)44-28-53(3,4)23-21-48(44)71-51/h7-20,26,33,37,45-47,59,61H,21-25,27-32H2,1-6H3,(H,63,64)/t37-,45+,46-,47+,54-/m1/s1. The fourth-order valence-corrected chi connectivity index (χ4v) is 13.2. The van der Waals surface area contributed by atoms with Crippen molar-refractivity contribution < 1.29 is 60.3 Å². The van der Waals surface area contributed by atoms with Crippen molar-refractivity contribution in [3.05, 3.63) is 124 Å². The number of hydrogen-bond donors (Lipinski definition) is 3. The Morgan fingerprint density at radius 1 is 0.944 bits per heavy atom. The quantitative estimate of drug-likeness (QED) is 0.0675. The molecule has 3 aliphatic rings. The molecule has 12 nitrogen and oxygen atoms in total. The van der Waals surface area contributed by atoms with E-state index in [4.69, 9.17) is 18.9 Å². The molecule has 0 unspecified atom stereocenters. The number of nitrogens with zero attached hydrogens (tertiary/aromatic N) is 1. The number of alkyl halides is 3. The number of aromatic carboxylic acids is 1. The SMILES string of the molecule is COc1ccc(S(=O)(=O)N(CC(C)C)C[C@@H](O)[C@@H](CC(=O)O[C@H]2CO[C@@]3(C)OCC[C@@H]23)Cc2ccc(NCc3cc(-c4ccc(C(F)(F)F)cc4)ccc3-c3sc4c(c3C(=O)O)CC(C)(C)CC4)cc2)cc1. The third-order valence-electron chi connectivity index (χ3n) is 14.2. The molecule has 72 heavy (non-hydrogen) atoms. The summed E-state index contributed by atoms with van der Waals surface area (Å²) in [6.45, 7) is 10.6. The van der Waals surface area contributed by atoms with Crippen LogP contribution in [-0.4, -0.2) is 86.3 Å². The summed E-state index contributed by atoms with van der Waals surface area (Å²) in [5.74, 6) is -2.92. The molecule has 386 valence electrons. The van der Waals surface area contributed by atoms with Crippen molar-refractivity contribution in [1.82, 2.24) is 4.31 Å². The molecule has 0 amide bonds. The first-order valence-corrected chi connectivity index (χ1v) is 26.6. The van der Waals surface area contributed by atoms with E-state index in [0.29, 0.717) is 52.5 Å². The lowest BCUT2D eigenvalue weighted by atomic mass is 9.76. The number of carboxylic acid groups (broad SMARTS) is 1. The molecule has 3 heterocycles. The van der Waals surface area contributed by atoms with E-state index < -0.39 is 57.6 Å². The van der Waals surface area contributed by atoms with Gasteiger partial charge in [0.25, 0.3) is 0 Å². The number of sulfonamides is 1. The predicted octanol–water partition coefficient (Wildman–Crippen LogP) is 10.9. The molecule has 3 N–H and O–H groups in total. The van der Waals surface area contributed by atoms with Crippen LogP contribution < -0.4 is 10.1 Å². The smallest absolute Gasteiger partial charge is 0.416 e. The van der Waals surface area contributed by atoms with Crippen molar-refractivity contribution in [3.8, 4) is 27.3 Å². The summed E-state index contributed by atoms with van der Waals surface area (Å²) >= 11 is 1.48. The molecule has 0 spiro atoms. The number of halogens is 3. The minimum absolute atomic E-state index is 0.0394. The van der Waals surface area contributed by atoms with Crippen molar-refractivity contribution in [2.24, 2.45) is 23.2 Å². The lowest BCUT2D eigenvalue weighted by Gasteiger charge is -2.30. The maximum atomic E-state index is 14.1. The average Bonchev–Trinajstić information content (AvgIpc) is 4.00. The van der Waals surface area contributed by atoms with Crippen LogP contribution in [0.3, 0.4) is 0 Å². The molecule has 0 radical (unpaired) electrons. The van der Waals surface area contributed by atoms with E-state index in [1.807, 2.05) is 63.2 Å². The van der Waals surface area contributed by atoms with Gasteiger partial charge in [0.15, 0.2) is 5.79 Å². The van der Waals surface area contributed by atoms with E-state index in [9.17, 15) is 41.4 Å². The number of hydrogen-bond acceptors (Lipinski definition) is 11. The van der Waals surface area contributed by atoms with Crippen LogP contribution in [0.15, 0.2) is 95.9 Å². The van der Waals surface area contributed by atoms with Gasteiger partial charge in [-0.3, -0.25) is 4.79 Å². The fourth-order valence-electron chi connectivity index (χ4n) is 10.2. The summed E-state index contributed by atoms with van der Waals surface area (Å²) in [6.07, 6.45) is -3.35. The van der Waals surface area contributed by atoms with Crippen molar-refractivity contribution in [2.75, 3.05) is 38.7 Å².